The number of ether oxygens (including phenoxy) is 2. The molecule has 0 saturated heterocycles. The molecule has 0 aromatic heterocycles. The summed E-state index contributed by atoms with van der Waals surface area (Å²) in [6.45, 7) is 5.83. The van der Waals surface area contributed by atoms with Gasteiger partial charge < -0.3 is 9.47 Å². The molecule has 3 rings (SSSR count). The molecular formula is C20H24O2. The van der Waals surface area contributed by atoms with E-state index in [4.69, 9.17) is 9.47 Å². The quantitative estimate of drug-likeness (QED) is 0.787. The second-order valence-corrected chi connectivity index (χ2v) is 6.25. The molecule has 0 radical (unpaired) electrons. The SMILES string of the molecule is COCc1c(C(C)C)c(COC)c2cccc3c2c1CC=C3. The van der Waals surface area contributed by atoms with Crippen LogP contribution in [0.15, 0.2) is 24.3 Å². The molecule has 116 valence electrons. The number of hydrogen-bond acceptors (Lipinski definition) is 2. The van der Waals surface area contributed by atoms with Crippen LogP contribution in [0.1, 0.15) is 47.6 Å². The van der Waals surface area contributed by atoms with E-state index < -0.39 is 0 Å². The summed E-state index contributed by atoms with van der Waals surface area (Å²) >= 11 is 0. The van der Waals surface area contributed by atoms with Gasteiger partial charge in [-0.15, -0.1) is 0 Å². The Labute approximate surface area is 132 Å². The van der Waals surface area contributed by atoms with Crippen molar-refractivity contribution in [3.63, 3.8) is 0 Å². The van der Waals surface area contributed by atoms with Crippen molar-refractivity contribution in [1.82, 2.24) is 0 Å². The van der Waals surface area contributed by atoms with Gasteiger partial charge in [0.15, 0.2) is 0 Å². The summed E-state index contributed by atoms with van der Waals surface area (Å²) in [5.41, 5.74) is 6.82. The fourth-order valence-corrected chi connectivity index (χ4v) is 3.77. The average molecular weight is 296 g/mol. The maximum atomic E-state index is 5.54. The zero-order valence-corrected chi connectivity index (χ0v) is 13.9. The third-order valence-electron chi connectivity index (χ3n) is 4.51. The smallest absolute Gasteiger partial charge is 0.0721 e. The van der Waals surface area contributed by atoms with E-state index in [0.29, 0.717) is 19.1 Å². The van der Waals surface area contributed by atoms with Gasteiger partial charge in [-0.2, -0.15) is 0 Å². The fraction of sp³-hybridized carbons (Fsp3) is 0.400. The lowest BCUT2D eigenvalue weighted by Gasteiger charge is -2.26. The summed E-state index contributed by atoms with van der Waals surface area (Å²) in [6.07, 6.45) is 5.48. The van der Waals surface area contributed by atoms with E-state index in [1.54, 1.807) is 14.2 Å². The number of methoxy groups -OCH3 is 2. The van der Waals surface area contributed by atoms with Crippen LogP contribution in [0.3, 0.4) is 0 Å². The van der Waals surface area contributed by atoms with E-state index in [1.807, 2.05) is 0 Å². The summed E-state index contributed by atoms with van der Waals surface area (Å²) < 4.78 is 11.1. The van der Waals surface area contributed by atoms with Crippen LogP contribution in [0.5, 0.6) is 0 Å². The van der Waals surface area contributed by atoms with Gasteiger partial charge in [0.05, 0.1) is 13.2 Å². The second-order valence-electron chi connectivity index (χ2n) is 6.25. The van der Waals surface area contributed by atoms with Crippen molar-refractivity contribution < 1.29 is 9.47 Å². The maximum absolute atomic E-state index is 5.54. The zero-order chi connectivity index (χ0) is 15.7. The van der Waals surface area contributed by atoms with Crippen molar-refractivity contribution in [1.29, 1.82) is 0 Å². The Balaban J connectivity index is 2.44. The lowest BCUT2D eigenvalue weighted by atomic mass is 9.80. The Bertz CT molecular complexity index is 726. The van der Waals surface area contributed by atoms with Gasteiger partial charge in [-0.05, 0) is 50.9 Å². The highest BCUT2D eigenvalue weighted by molar-refractivity contribution is 5.98. The monoisotopic (exact) mass is 296 g/mol. The Morgan fingerprint density at radius 2 is 1.77 bits per heavy atom. The maximum Gasteiger partial charge on any atom is 0.0721 e. The molecule has 0 fully saturated rings. The van der Waals surface area contributed by atoms with Crippen molar-refractivity contribution in [3.8, 4) is 0 Å². The summed E-state index contributed by atoms with van der Waals surface area (Å²) in [4.78, 5) is 0. The Morgan fingerprint density at radius 1 is 1.05 bits per heavy atom. The van der Waals surface area contributed by atoms with E-state index in [2.05, 4.69) is 44.2 Å². The minimum Gasteiger partial charge on any atom is -0.380 e. The minimum absolute atomic E-state index is 0.450. The van der Waals surface area contributed by atoms with Crippen LogP contribution < -0.4 is 0 Å². The number of hydrogen-bond donors (Lipinski definition) is 0. The molecule has 0 bridgehead atoms. The van der Waals surface area contributed by atoms with Crippen LogP contribution in [0.2, 0.25) is 0 Å². The number of benzene rings is 2. The zero-order valence-electron chi connectivity index (χ0n) is 13.9. The van der Waals surface area contributed by atoms with Gasteiger partial charge >= 0.3 is 0 Å². The highest BCUT2D eigenvalue weighted by Gasteiger charge is 2.22. The molecule has 0 aliphatic heterocycles. The van der Waals surface area contributed by atoms with E-state index in [0.717, 1.165) is 6.42 Å². The molecule has 0 spiro atoms. The van der Waals surface area contributed by atoms with E-state index in [-0.39, 0.29) is 0 Å². The minimum atomic E-state index is 0.450. The molecule has 1 aliphatic rings. The molecule has 22 heavy (non-hydrogen) atoms. The summed E-state index contributed by atoms with van der Waals surface area (Å²) in [6, 6.07) is 6.58. The molecular weight excluding hydrogens is 272 g/mol. The Kier molecular flexibility index (Phi) is 4.32. The van der Waals surface area contributed by atoms with Gasteiger partial charge in [-0.25, -0.2) is 0 Å². The average Bonchev–Trinajstić information content (AvgIpc) is 2.51. The summed E-state index contributed by atoms with van der Waals surface area (Å²) in [5, 5.41) is 2.72. The number of rotatable bonds is 5. The summed E-state index contributed by atoms with van der Waals surface area (Å²) in [7, 11) is 3.55. The molecule has 0 unspecified atom stereocenters. The van der Waals surface area contributed by atoms with Crippen LogP contribution in [-0.4, -0.2) is 14.2 Å². The first-order chi connectivity index (χ1) is 10.7. The van der Waals surface area contributed by atoms with E-state index >= 15 is 0 Å². The van der Waals surface area contributed by atoms with Crippen molar-refractivity contribution in [2.45, 2.75) is 39.4 Å². The van der Waals surface area contributed by atoms with Gasteiger partial charge in [-0.1, -0.05) is 44.2 Å². The van der Waals surface area contributed by atoms with Crippen LogP contribution in [0, 0.1) is 0 Å². The molecule has 0 atom stereocenters. The van der Waals surface area contributed by atoms with Gasteiger partial charge in [0.1, 0.15) is 0 Å². The molecule has 0 amide bonds. The highest BCUT2D eigenvalue weighted by atomic mass is 16.5. The normalized spacial score (nSPS) is 13.3. The van der Waals surface area contributed by atoms with Crippen LogP contribution in [-0.2, 0) is 29.1 Å². The third-order valence-corrected chi connectivity index (χ3v) is 4.51. The molecule has 0 saturated carbocycles. The van der Waals surface area contributed by atoms with Crippen molar-refractivity contribution >= 4 is 16.8 Å². The first kappa shape index (κ1) is 15.3. The molecule has 2 aromatic carbocycles. The van der Waals surface area contributed by atoms with Gasteiger partial charge in [0.2, 0.25) is 0 Å². The first-order valence-corrected chi connectivity index (χ1v) is 7.92. The van der Waals surface area contributed by atoms with Crippen LogP contribution >= 0.6 is 0 Å². The highest BCUT2D eigenvalue weighted by Crippen LogP contribution is 2.39. The third kappa shape index (κ3) is 2.37. The van der Waals surface area contributed by atoms with Crippen molar-refractivity contribution in [3.05, 3.63) is 52.1 Å². The first-order valence-electron chi connectivity index (χ1n) is 7.92. The molecule has 2 nitrogen and oxygen atoms in total. The Morgan fingerprint density at radius 3 is 2.45 bits per heavy atom. The number of allylic oxidation sites excluding steroid dienone is 1. The molecule has 2 heteroatoms. The van der Waals surface area contributed by atoms with E-state index in [1.165, 1.54) is 38.6 Å². The standard InChI is InChI=1S/C20H24O2/c1-13(2)19-17(11-21-3)15-9-5-7-14-8-6-10-16(20(14)15)18(19)12-22-4/h5-9,13H,10-12H2,1-4H3. The predicted octanol–water partition coefficient (Wildman–Crippen LogP) is 4.83. The second kappa shape index (κ2) is 6.23. The van der Waals surface area contributed by atoms with Gasteiger partial charge in [0, 0.05) is 14.2 Å². The van der Waals surface area contributed by atoms with Gasteiger partial charge in [0.25, 0.3) is 0 Å². The van der Waals surface area contributed by atoms with Crippen LogP contribution in [0.4, 0.5) is 0 Å². The lowest BCUT2D eigenvalue weighted by molar-refractivity contribution is 0.178. The molecule has 0 N–H and O–H groups in total. The van der Waals surface area contributed by atoms with Crippen molar-refractivity contribution in [2.24, 2.45) is 0 Å². The lowest BCUT2D eigenvalue weighted by Crippen LogP contribution is -2.11. The van der Waals surface area contributed by atoms with E-state index in [9.17, 15) is 0 Å². The summed E-state index contributed by atoms with van der Waals surface area (Å²) in [5.74, 6) is 0.450. The van der Waals surface area contributed by atoms with Gasteiger partial charge in [-0.3, -0.25) is 0 Å². The topological polar surface area (TPSA) is 18.5 Å². The van der Waals surface area contributed by atoms with Crippen LogP contribution in [0.25, 0.3) is 16.8 Å². The molecule has 2 aromatic rings. The fourth-order valence-electron chi connectivity index (χ4n) is 3.77. The Hall–Kier alpha value is -1.64. The largest absolute Gasteiger partial charge is 0.380 e. The predicted molar refractivity (Wildman–Crippen MR) is 92.2 cm³/mol. The molecule has 0 heterocycles. The molecule has 1 aliphatic carbocycles. The van der Waals surface area contributed by atoms with Crippen molar-refractivity contribution in [2.75, 3.05) is 14.2 Å².